The van der Waals surface area contributed by atoms with Crippen molar-refractivity contribution in [2.45, 2.75) is 25.3 Å². The minimum atomic E-state index is -0.434. The number of likely N-dealkylation sites (N-methyl/N-ethyl adjacent to an activating group) is 1. The lowest BCUT2D eigenvalue weighted by atomic mass is 9.92. The third kappa shape index (κ3) is 7.02. The number of nitrogens with zero attached hydrogens (tertiary/aromatic N) is 1. The smallest absolute Gasteiger partial charge is 0.237 e. The molecule has 0 spiro atoms. The van der Waals surface area contributed by atoms with E-state index in [9.17, 15) is 4.79 Å². The van der Waals surface area contributed by atoms with E-state index in [2.05, 4.69) is 10.2 Å². The Hall–Kier alpha value is -1.63. The number of hydrogen-bond acceptors (Lipinski definition) is 5. The minimum absolute atomic E-state index is 0.0597. The Morgan fingerprint density at radius 2 is 2.00 bits per heavy atom. The van der Waals surface area contributed by atoms with Crippen LogP contribution in [0, 0.1) is 5.92 Å². The van der Waals surface area contributed by atoms with E-state index in [0.29, 0.717) is 26.4 Å². The highest BCUT2D eigenvalue weighted by Crippen LogP contribution is 2.17. The molecule has 6 nitrogen and oxygen atoms in total. The molecule has 1 aromatic rings. The van der Waals surface area contributed by atoms with Gasteiger partial charge in [-0.2, -0.15) is 0 Å². The Kier molecular flexibility index (Phi) is 8.18. The lowest BCUT2D eigenvalue weighted by Crippen LogP contribution is -2.47. The van der Waals surface area contributed by atoms with Crippen molar-refractivity contribution < 1.29 is 14.3 Å². The number of ether oxygens (including phenoxy) is 2. The van der Waals surface area contributed by atoms with Crippen LogP contribution in [0.25, 0.3) is 0 Å². The van der Waals surface area contributed by atoms with Gasteiger partial charge in [0.05, 0.1) is 6.04 Å². The normalized spacial score (nSPS) is 16.6. The van der Waals surface area contributed by atoms with Crippen molar-refractivity contribution in [3.05, 3.63) is 29.8 Å². The summed E-state index contributed by atoms with van der Waals surface area (Å²) in [5.74, 6) is 1.04. The van der Waals surface area contributed by atoms with Crippen LogP contribution in [0.15, 0.2) is 24.3 Å². The largest absolute Gasteiger partial charge is 0.492 e. The van der Waals surface area contributed by atoms with E-state index in [4.69, 9.17) is 15.2 Å². The van der Waals surface area contributed by atoms with E-state index in [-0.39, 0.29) is 11.8 Å². The molecule has 3 N–H and O–H groups in total. The SMILES string of the molecule is CN(C)CCOc1ccc(CCNC(=O)C(N)C2CCOCC2)cc1. The van der Waals surface area contributed by atoms with Crippen molar-refractivity contribution in [3.63, 3.8) is 0 Å². The predicted octanol–water partition coefficient (Wildman–Crippen LogP) is 1.04. The van der Waals surface area contributed by atoms with Crippen molar-refractivity contribution in [1.82, 2.24) is 10.2 Å². The molecule has 1 fully saturated rings. The zero-order valence-corrected chi connectivity index (χ0v) is 15.4. The maximum absolute atomic E-state index is 12.2. The van der Waals surface area contributed by atoms with Crippen molar-refractivity contribution in [2.24, 2.45) is 11.7 Å². The summed E-state index contributed by atoms with van der Waals surface area (Å²) in [6.07, 6.45) is 2.51. The highest BCUT2D eigenvalue weighted by molar-refractivity contribution is 5.81. The molecule has 1 unspecified atom stereocenters. The average Bonchev–Trinajstić information content (AvgIpc) is 2.62. The lowest BCUT2D eigenvalue weighted by molar-refractivity contribution is -0.124. The topological polar surface area (TPSA) is 76.8 Å². The fourth-order valence-corrected chi connectivity index (χ4v) is 2.84. The lowest BCUT2D eigenvalue weighted by Gasteiger charge is -2.26. The second-order valence-electron chi connectivity index (χ2n) is 6.81. The van der Waals surface area contributed by atoms with Crippen LogP contribution in [0.5, 0.6) is 5.75 Å². The van der Waals surface area contributed by atoms with Crippen molar-refractivity contribution in [3.8, 4) is 5.75 Å². The van der Waals surface area contributed by atoms with Gasteiger partial charge >= 0.3 is 0 Å². The van der Waals surface area contributed by atoms with E-state index >= 15 is 0 Å². The quantitative estimate of drug-likeness (QED) is 0.697. The summed E-state index contributed by atoms with van der Waals surface area (Å²) in [6.45, 7) is 3.56. The van der Waals surface area contributed by atoms with Crippen LogP contribution in [0.2, 0.25) is 0 Å². The van der Waals surface area contributed by atoms with Gasteiger partial charge in [0.25, 0.3) is 0 Å². The first kappa shape index (κ1) is 19.7. The number of carbonyl (C=O) groups excluding carboxylic acids is 1. The summed E-state index contributed by atoms with van der Waals surface area (Å²) < 4.78 is 11.0. The molecule has 140 valence electrons. The van der Waals surface area contributed by atoms with E-state index in [1.54, 1.807) is 0 Å². The molecule has 1 aliphatic rings. The zero-order chi connectivity index (χ0) is 18.1. The number of hydrogen-bond donors (Lipinski definition) is 2. The Balaban J connectivity index is 1.67. The Morgan fingerprint density at radius 1 is 1.32 bits per heavy atom. The van der Waals surface area contributed by atoms with Gasteiger partial charge in [-0.3, -0.25) is 4.79 Å². The van der Waals surface area contributed by atoms with Crippen molar-refractivity contribution >= 4 is 5.91 Å². The zero-order valence-electron chi connectivity index (χ0n) is 15.4. The number of rotatable bonds is 9. The number of nitrogens with two attached hydrogens (primary N) is 1. The molecule has 1 amide bonds. The minimum Gasteiger partial charge on any atom is -0.492 e. The highest BCUT2D eigenvalue weighted by atomic mass is 16.5. The average molecular weight is 349 g/mol. The molecule has 1 aromatic carbocycles. The molecule has 0 bridgehead atoms. The molecule has 0 saturated carbocycles. The summed E-state index contributed by atoms with van der Waals surface area (Å²) in [6, 6.07) is 7.59. The van der Waals surface area contributed by atoms with Gasteiger partial charge < -0.3 is 25.4 Å². The molecule has 1 atom stereocenters. The summed E-state index contributed by atoms with van der Waals surface area (Å²) in [5, 5.41) is 2.95. The van der Waals surface area contributed by atoms with Crippen molar-refractivity contribution in [1.29, 1.82) is 0 Å². The maximum atomic E-state index is 12.2. The van der Waals surface area contributed by atoms with Crippen LogP contribution in [0.4, 0.5) is 0 Å². The van der Waals surface area contributed by atoms with Gasteiger partial charge in [0.15, 0.2) is 0 Å². The van der Waals surface area contributed by atoms with Crippen LogP contribution in [0.3, 0.4) is 0 Å². The van der Waals surface area contributed by atoms with E-state index in [0.717, 1.165) is 31.6 Å². The third-order valence-electron chi connectivity index (χ3n) is 4.52. The van der Waals surface area contributed by atoms with Gasteiger partial charge in [0.2, 0.25) is 5.91 Å². The molecule has 0 aliphatic carbocycles. The number of benzene rings is 1. The van der Waals surface area contributed by atoms with Gasteiger partial charge in [-0.1, -0.05) is 12.1 Å². The van der Waals surface area contributed by atoms with Crippen LogP contribution in [0.1, 0.15) is 18.4 Å². The molecule has 1 saturated heterocycles. The van der Waals surface area contributed by atoms with Gasteiger partial charge in [-0.25, -0.2) is 0 Å². The molecule has 0 aromatic heterocycles. The monoisotopic (exact) mass is 349 g/mol. The first-order valence-electron chi connectivity index (χ1n) is 9.04. The summed E-state index contributed by atoms with van der Waals surface area (Å²) in [5.41, 5.74) is 7.24. The third-order valence-corrected chi connectivity index (χ3v) is 4.52. The summed E-state index contributed by atoms with van der Waals surface area (Å²) in [4.78, 5) is 14.2. The highest BCUT2D eigenvalue weighted by Gasteiger charge is 2.26. The summed E-state index contributed by atoms with van der Waals surface area (Å²) in [7, 11) is 4.05. The second kappa shape index (κ2) is 10.4. The summed E-state index contributed by atoms with van der Waals surface area (Å²) >= 11 is 0. The first-order chi connectivity index (χ1) is 12.1. The van der Waals surface area contributed by atoms with E-state index in [1.807, 2.05) is 38.4 Å². The fourth-order valence-electron chi connectivity index (χ4n) is 2.84. The van der Waals surface area contributed by atoms with Gasteiger partial charge in [-0.05, 0) is 57.0 Å². The van der Waals surface area contributed by atoms with E-state index < -0.39 is 6.04 Å². The Bertz CT molecular complexity index is 513. The van der Waals surface area contributed by atoms with Crippen LogP contribution in [-0.2, 0) is 16.0 Å². The van der Waals surface area contributed by atoms with Crippen LogP contribution >= 0.6 is 0 Å². The van der Waals surface area contributed by atoms with Crippen LogP contribution in [-0.4, -0.2) is 63.9 Å². The molecule has 6 heteroatoms. The first-order valence-corrected chi connectivity index (χ1v) is 9.04. The molecule has 1 heterocycles. The van der Waals surface area contributed by atoms with Crippen molar-refractivity contribution in [2.75, 3.05) is 47.0 Å². The molecule has 25 heavy (non-hydrogen) atoms. The molecular formula is C19H31N3O3. The van der Waals surface area contributed by atoms with Gasteiger partial charge in [0, 0.05) is 26.3 Å². The Morgan fingerprint density at radius 3 is 2.64 bits per heavy atom. The van der Waals surface area contributed by atoms with Gasteiger partial charge in [0.1, 0.15) is 12.4 Å². The number of nitrogens with one attached hydrogen (secondary N) is 1. The predicted molar refractivity (Wildman–Crippen MR) is 98.7 cm³/mol. The molecular weight excluding hydrogens is 318 g/mol. The maximum Gasteiger partial charge on any atom is 0.237 e. The molecule has 1 aliphatic heterocycles. The standard InChI is InChI=1S/C19H31N3O3/c1-22(2)11-14-25-17-5-3-15(4-6-17)7-10-21-19(23)18(20)16-8-12-24-13-9-16/h3-6,16,18H,7-14,20H2,1-2H3,(H,21,23). The molecule has 0 radical (unpaired) electrons. The Labute approximate surface area is 150 Å². The fraction of sp³-hybridized carbons (Fsp3) is 0.632. The van der Waals surface area contributed by atoms with E-state index in [1.165, 1.54) is 5.56 Å². The van der Waals surface area contributed by atoms with Gasteiger partial charge in [-0.15, -0.1) is 0 Å². The molecule has 2 rings (SSSR count). The second-order valence-corrected chi connectivity index (χ2v) is 6.81. The number of amides is 1. The number of carbonyl (C=O) groups is 1. The van der Waals surface area contributed by atoms with Crippen LogP contribution < -0.4 is 15.8 Å².